The van der Waals surface area contributed by atoms with E-state index in [0.29, 0.717) is 12.0 Å². The molecule has 1 aromatic rings. The average Bonchev–Trinajstić information content (AvgIpc) is 2.90. The van der Waals surface area contributed by atoms with Gasteiger partial charge in [0, 0.05) is 11.5 Å². The molecule has 3 aliphatic carbocycles. The van der Waals surface area contributed by atoms with E-state index in [4.69, 9.17) is 5.73 Å². The Balaban J connectivity index is 1.90. The van der Waals surface area contributed by atoms with E-state index in [-0.39, 0.29) is 17.2 Å². The Morgan fingerprint density at radius 3 is 2.29 bits per heavy atom. The first-order valence-corrected chi connectivity index (χ1v) is 13.7. The zero-order chi connectivity index (χ0) is 31.6. The zero-order valence-electron chi connectivity index (χ0n) is 24.3. The number of nitrogens with one attached hydrogen (secondary N) is 2. The predicted octanol–water partition coefficient (Wildman–Crippen LogP) is 0.0684. The zero-order valence-corrected chi connectivity index (χ0v) is 24.3. The molecule has 0 aliphatic heterocycles. The number of primary amides is 1. The SMILES string of the molecule is CN[C@@H](CC(C)C)C(=O)Nc1ccc2c(c1O)C(O)=C1C(=O)[C@]3(O)C(O)=C(C(N)=O)C(=O)[C@@H](N(C)C)[C@@H]3[C@@H](O)[C@@H]1[C@H]2C. The molecule has 0 bridgehead atoms. The minimum Gasteiger partial charge on any atom is -0.508 e. The van der Waals surface area contributed by atoms with Gasteiger partial charge in [-0.3, -0.25) is 24.1 Å². The number of anilines is 1. The van der Waals surface area contributed by atoms with Crippen LogP contribution >= 0.6 is 0 Å². The van der Waals surface area contributed by atoms with Crippen LogP contribution in [0.3, 0.4) is 0 Å². The summed E-state index contributed by atoms with van der Waals surface area (Å²) in [7, 11) is 4.51. The van der Waals surface area contributed by atoms with Crippen molar-refractivity contribution in [2.75, 3.05) is 26.5 Å². The van der Waals surface area contributed by atoms with E-state index < -0.39 is 93.3 Å². The number of phenols is 1. The van der Waals surface area contributed by atoms with Gasteiger partial charge >= 0.3 is 0 Å². The molecule has 1 aromatic carbocycles. The molecule has 0 aromatic heterocycles. The maximum atomic E-state index is 14.1. The molecular formula is C29H38N4O9. The van der Waals surface area contributed by atoms with Crippen molar-refractivity contribution in [2.24, 2.45) is 23.5 Å². The second kappa shape index (κ2) is 10.8. The van der Waals surface area contributed by atoms with Gasteiger partial charge in [-0.05, 0) is 51.0 Å². The van der Waals surface area contributed by atoms with Crippen LogP contribution in [-0.2, 0) is 19.2 Å². The monoisotopic (exact) mass is 586 g/mol. The Morgan fingerprint density at radius 1 is 1.14 bits per heavy atom. The van der Waals surface area contributed by atoms with Crippen molar-refractivity contribution in [3.8, 4) is 5.75 Å². The maximum absolute atomic E-state index is 14.1. The second-order valence-electron chi connectivity index (χ2n) is 11.9. The number of Topliss-reactive ketones (excluding diaryl/α,β-unsaturated/α-hetero) is 2. The first kappa shape index (κ1) is 31.2. The van der Waals surface area contributed by atoms with Crippen LogP contribution in [0.25, 0.3) is 5.76 Å². The number of carbonyl (C=O) groups excluding carboxylic acids is 4. The van der Waals surface area contributed by atoms with Gasteiger partial charge < -0.3 is 41.9 Å². The van der Waals surface area contributed by atoms with Crippen molar-refractivity contribution in [3.05, 3.63) is 40.2 Å². The average molecular weight is 587 g/mol. The third-order valence-electron chi connectivity index (χ3n) is 8.76. The number of nitrogens with two attached hydrogens (primary N) is 1. The molecule has 1 fully saturated rings. The number of hydrogen-bond acceptors (Lipinski definition) is 11. The molecule has 0 unspecified atom stereocenters. The summed E-state index contributed by atoms with van der Waals surface area (Å²) in [6, 6.07) is 0.970. The summed E-state index contributed by atoms with van der Waals surface area (Å²) in [6.45, 7) is 5.53. The number of nitrogens with zero attached hydrogens (tertiary/aromatic N) is 1. The first-order chi connectivity index (χ1) is 19.5. The topological polar surface area (TPSA) is 223 Å². The molecule has 0 spiro atoms. The molecule has 7 atom stereocenters. The summed E-state index contributed by atoms with van der Waals surface area (Å²) in [5.41, 5.74) is 0.940. The maximum Gasteiger partial charge on any atom is 0.255 e. The fraction of sp³-hybridized carbons (Fsp3) is 0.517. The van der Waals surface area contributed by atoms with Crippen molar-refractivity contribution in [2.45, 2.75) is 56.9 Å². The lowest BCUT2D eigenvalue weighted by Crippen LogP contribution is -2.70. The highest BCUT2D eigenvalue weighted by Crippen LogP contribution is 2.56. The number of phenolic OH excluding ortho intramolecular Hbond substituents is 1. The van der Waals surface area contributed by atoms with E-state index >= 15 is 0 Å². The number of hydrogen-bond donors (Lipinski definition) is 8. The van der Waals surface area contributed by atoms with E-state index in [1.165, 1.54) is 31.1 Å². The molecule has 42 heavy (non-hydrogen) atoms. The summed E-state index contributed by atoms with van der Waals surface area (Å²) in [4.78, 5) is 53.7. The number of benzene rings is 1. The van der Waals surface area contributed by atoms with E-state index in [0.717, 1.165) is 0 Å². The lowest BCUT2D eigenvalue weighted by atomic mass is 9.54. The summed E-state index contributed by atoms with van der Waals surface area (Å²) in [5.74, 6) is -10.0. The lowest BCUT2D eigenvalue weighted by molar-refractivity contribution is -0.169. The Morgan fingerprint density at radius 2 is 1.76 bits per heavy atom. The van der Waals surface area contributed by atoms with Crippen molar-refractivity contribution in [3.63, 3.8) is 0 Å². The molecule has 2 amide bonds. The predicted molar refractivity (Wildman–Crippen MR) is 151 cm³/mol. The van der Waals surface area contributed by atoms with Crippen molar-refractivity contribution >= 4 is 34.8 Å². The molecule has 0 heterocycles. The molecule has 13 heteroatoms. The minimum atomic E-state index is -3.00. The summed E-state index contributed by atoms with van der Waals surface area (Å²) < 4.78 is 0. The van der Waals surface area contributed by atoms with Gasteiger partial charge in [0.2, 0.25) is 11.7 Å². The van der Waals surface area contributed by atoms with Gasteiger partial charge in [-0.15, -0.1) is 0 Å². The second-order valence-corrected chi connectivity index (χ2v) is 11.9. The van der Waals surface area contributed by atoms with Crippen LogP contribution in [0.1, 0.15) is 44.2 Å². The molecule has 0 radical (unpaired) electrons. The van der Waals surface area contributed by atoms with E-state index in [9.17, 15) is 44.7 Å². The Hall–Kier alpha value is -3.78. The van der Waals surface area contributed by atoms with Gasteiger partial charge in [0.05, 0.1) is 35.4 Å². The fourth-order valence-electron chi connectivity index (χ4n) is 6.76. The smallest absolute Gasteiger partial charge is 0.255 e. The van der Waals surface area contributed by atoms with Gasteiger partial charge in [-0.1, -0.05) is 26.8 Å². The van der Waals surface area contributed by atoms with E-state index in [1.54, 1.807) is 14.0 Å². The molecule has 228 valence electrons. The van der Waals surface area contributed by atoms with Crippen LogP contribution < -0.4 is 16.4 Å². The summed E-state index contributed by atoms with van der Waals surface area (Å²) in [5, 5.41) is 62.6. The fourth-order valence-corrected chi connectivity index (χ4v) is 6.76. The quantitative estimate of drug-likeness (QED) is 0.158. The number of carbonyl (C=O) groups is 4. The first-order valence-electron chi connectivity index (χ1n) is 13.7. The number of aliphatic hydroxyl groups excluding tert-OH is 3. The molecule has 9 N–H and O–H groups in total. The van der Waals surface area contributed by atoms with Crippen molar-refractivity contribution < 1.29 is 44.7 Å². The van der Waals surface area contributed by atoms with Crippen LogP contribution in [0.2, 0.25) is 0 Å². The largest absolute Gasteiger partial charge is 0.508 e. The van der Waals surface area contributed by atoms with Crippen LogP contribution in [0.15, 0.2) is 29.0 Å². The Bertz CT molecular complexity index is 1430. The number of aromatic hydroxyl groups is 1. The van der Waals surface area contributed by atoms with Crippen LogP contribution in [-0.4, -0.2) is 98.7 Å². The molecule has 0 saturated heterocycles. The van der Waals surface area contributed by atoms with Crippen LogP contribution in [0, 0.1) is 17.8 Å². The highest BCUT2D eigenvalue weighted by Gasteiger charge is 2.68. The van der Waals surface area contributed by atoms with Gasteiger partial charge in [0.25, 0.3) is 5.91 Å². The number of amides is 2. The van der Waals surface area contributed by atoms with Crippen molar-refractivity contribution in [1.29, 1.82) is 0 Å². The molecular weight excluding hydrogens is 548 g/mol. The van der Waals surface area contributed by atoms with E-state index in [1.807, 2.05) is 13.8 Å². The van der Waals surface area contributed by atoms with E-state index in [2.05, 4.69) is 10.6 Å². The normalized spacial score (nSPS) is 29.8. The number of likely N-dealkylation sites (N-methyl/N-ethyl adjacent to an activating group) is 2. The number of rotatable bonds is 7. The minimum absolute atomic E-state index is 0.0457. The highest BCUT2D eigenvalue weighted by atomic mass is 16.4. The molecule has 4 rings (SSSR count). The number of ketones is 2. The standard InChI is InChI=1S/C29H38N4O9/c1-10(2)9-14(31-4)28(41)32-13-8-7-12-11(3)15-17(22(35)16(12)21(13)34)25(38)29(42)19(23(15)36)20(33(5)6)24(37)18(26(29)39)27(30)40/h7-8,10-11,14-15,19-20,23,31,34-36,39,42H,9H2,1-6H3,(H2,30,40)(H,32,41)/t11-,14-,15+,19+,20-,23-,29-/m0/s1. The van der Waals surface area contributed by atoms with Gasteiger partial charge in [-0.25, -0.2) is 0 Å². The number of fused-ring (bicyclic) bond motifs is 3. The third-order valence-corrected chi connectivity index (χ3v) is 8.76. The Kier molecular flexibility index (Phi) is 8.02. The molecule has 3 aliphatic rings. The highest BCUT2D eigenvalue weighted by molar-refractivity contribution is 6.24. The number of aliphatic hydroxyl groups is 4. The summed E-state index contributed by atoms with van der Waals surface area (Å²) >= 11 is 0. The molecule has 13 nitrogen and oxygen atoms in total. The Labute approximate surface area is 242 Å². The van der Waals surface area contributed by atoms with Crippen LogP contribution in [0.5, 0.6) is 5.75 Å². The third kappa shape index (κ3) is 4.39. The van der Waals surface area contributed by atoms with Gasteiger partial charge in [-0.2, -0.15) is 0 Å². The van der Waals surface area contributed by atoms with Gasteiger partial charge in [0.1, 0.15) is 22.8 Å². The van der Waals surface area contributed by atoms with Gasteiger partial charge in [0.15, 0.2) is 11.4 Å². The van der Waals surface area contributed by atoms with Crippen molar-refractivity contribution in [1.82, 2.24) is 10.2 Å². The van der Waals surface area contributed by atoms with Crippen LogP contribution in [0.4, 0.5) is 5.69 Å². The lowest BCUT2D eigenvalue weighted by Gasteiger charge is -2.53. The molecule has 1 saturated carbocycles. The summed E-state index contributed by atoms with van der Waals surface area (Å²) in [6.07, 6.45) is -1.18.